The zero-order valence-corrected chi connectivity index (χ0v) is 23.9. The van der Waals surface area contributed by atoms with Crippen LogP contribution in [0.2, 0.25) is 0 Å². The third kappa shape index (κ3) is 6.12. The molecule has 1 fully saturated rings. The number of rotatable bonds is 7. The third-order valence-electron chi connectivity index (χ3n) is 7.97. The highest BCUT2D eigenvalue weighted by Crippen LogP contribution is 2.42. The molecule has 8 heteroatoms. The molecule has 8 nitrogen and oxygen atoms in total. The van der Waals surface area contributed by atoms with Gasteiger partial charge in [-0.25, -0.2) is 0 Å². The minimum absolute atomic E-state index is 0.0674. The second kappa shape index (κ2) is 12.6. The number of ether oxygens (including phenoxy) is 2. The smallest absolute Gasteiger partial charge is 0.258 e. The quantitative estimate of drug-likeness (QED) is 0.409. The van der Waals surface area contributed by atoms with Gasteiger partial charge in [0.05, 0.1) is 26.4 Å². The van der Waals surface area contributed by atoms with E-state index in [4.69, 9.17) is 9.47 Å². The average molecular weight is 556 g/mol. The number of amides is 3. The fourth-order valence-electron chi connectivity index (χ4n) is 5.83. The Morgan fingerprint density at radius 2 is 1.63 bits per heavy atom. The van der Waals surface area contributed by atoms with E-state index < -0.39 is 0 Å². The number of hydrogen-bond donors (Lipinski definition) is 0. The summed E-state index contributed by atoms with van der Waals surface area (Å²) in [4.78, 5) is 44.9. The predicted molar refractivity (Wildman–Crippen MR) is 158 cm³/mol. The van der Waals surface area contributed by atoms with Crippen molar-refractivity contribution in [3.05, 3.63) is 89.5 Å². The van der Waals surface area contributed by atoms with E-state index >= 15 is 0 Å². The largest absolute Gasteiger partial charge is 0.497 e. The molecule has 0 unspecified atom stereocenters. The molecule has 0 spiro atoms. The van der Waals surface area contributed by atoms with Crippen LogP contribution in [0.4, 0.5) is 11.4 Å². The van der Waals surface area contributed by atoms with Gasteiger partial charge in [0.1, 0.15) is 5.75 Å². The van der Waals surface area contributed by atoms with Crippen LogP contribution in [0.1, 0.15) is 54.2 Å². The fraction of sp³-hybridized carbons (Fsp3) is 0.364. The van der Waals surface area contributed by atoms with Crippen LogP contribution in [0.3, 0.4) is 0 Å². The molecule has 3 aromatic rings. The molecule has 5 rings (SSSR count). The summed E-state index contributed by atoms with van der Waals surface area (Å²) in [6, 6.07) is 22.5. The number of carbonyl (C=O) groups excluding carboxylic acids is 3. The second-order valence-corrected chi connectivity index (χ2v) is 10.6. The maximum atomic E-state index is 13.7. The lowest BCUT2D eigenvalue weighted by molar-refractivity contribution is -0.135. The van der Waals surface area contributed by atoms with E-state index in [1.54, 1.807) is 38.3 Å². The van der Waals surface area contributed by atoms with Crippen molar-refractivity contribution in [2.45, 2.75) is 45.2 Å². The first-order chi connectivity index (χ1) is 19.9. The van der Waals surface area contributed by atoms with Gasteiger partial charge in [-0.3, -0.25) is 14.4 Å². The highest BCUT2D eigenvalue weighted by Gasteiger charge is 2.38. The minimum atomic E-state index is -0.229. The predicted octanol–water partition coefficient (Wildman–Crippen LogP) is 5.02. The van der Waals surface area contributed by atoms with Gasteiger partial charge in [-0.2, -0.15) is 0 Å². The summed E-state index contributed by atoms with van der Waals surface area (Å²) in [7, 11) is 1.60. The first-order valence-electron chi connectivity index (χ1n) is 14.2. The normalized spacial score (nSPS) is 18.4. The molecule has 0 N–H and O–H groups in total. The van der Waals surface area contributed by atoms with E-state index in [2.05, 4.69) is 0 Å². The molecule has 0 saturated carbocycles. The first kappa shape index (κ1) is 28.4. The number of methoxy groups -OCH3 is 1. The van der Waals surface area contributed by atoms with E-state index in [0.29, 0.717) is 56.9 Å². The molecule has 2 heterocycles. The molecule has 2 aliphatic heterocycles. The molecule has 0 bridgehead atoms. The van der Waals surface area contributed by atoms with Gasteiger partial charge in [-0.05, 0) is 73.4 Å². The van der Waals surface area contributed by atoms with E-state index in [1.807, 2.05) is 70.2 Å². The summed E-state index contributed by atoms with van der Waals surface area (Å²) in [6.45, 7) is 6.09. The Morgan fingerprint density at radius 3 is 2.29 bits per heavy atom. The molecule has 0 aromatic heterocycles. The third-order valence-corrected chi connectivity index (χ3v) is 7.97. The molecule has 3 aromatic carbocycles. The molecule has 41 heavy (non-hydrogen) atoms. The molecule has 0 aliphatic carbocycles. The Kier molecular flexibility index (Phi) is 8.69. The van der Waals surface area contributed by atoms with E-state index in [0.717, 1.165) is 22.5 Å². The monoisotopic (exact) mass is 555 g/mol. The van der Waals surface area contributed by atoms with E-state index in [9.17, 15) is 14.4 Å². The lowest BCUT2D eigenvalue weighted by Gasteiger charge is -2.43. The lowest BCUT2D eigenvalue weighted by Crippen LogP contribution is -2.47. The molecule has 0 radical (unpaired) electrons. The lowest BCUT2D eigenvalue weighted by atomic mass is 9.89. The van der Waals surface area contributed by atoms with Crippen LogP contribution in [0, 0.1) is 0 Å². The number of carbonyl (C=O) groups is 3. The van der Waals surface area contributed by atoms with Gasteiger partial charge in [0, 0.05) is 49.4 Å². The zero-order valence-electron chi connectivity index (χ0n) is 23.9. The van der Waals surface area contributed by atoms with Gasteiger partial charge in [-0.1, -0.05) is 30.3 Å². The second-order valence-electron chi connectivity index (χ2n) is 10.6. The molecule has 2 aliphatic rings. The number of benzene rings is 3. The first-order valence-corrected chi connectivity index (χ1v) is 14.2. The van der Waals surface area contributed by atoms with Gasteiger partial charge < -0.3 is 24.2 Å². The summed E-state index contributed by atoms with van der Waals surface area (Å²) in [6.07, 6.45) is 1.68. The Labute approximate surface area is 241 Å². The fourth-order valence-corrected chi connectivity index (χ4v) is 5.83. The number of anilines is 2. The average Bonchev–Trinajstić information content (AvgIpc) is 3.00. The number of morpholine rings is 1. The summed E-state index contributed by atoms with van der Waals surface area (Å²) >= 11 is 0. The van der Waals surface area contributed by atoms with E-state index in [-0.39, 0.29) is 29.8 Å². The van der Waals surface area contributed by atoms with Crippen molar-refractivity contribution in [3.8, 4) is 5.75 Å². The highest BCUT2D eigenvalue weighted by molar-refractivity contribution is 6.07. The summed E-state index contributed by atoms with van der Waals surface area (Å²) in [5.74, 6) is 0.684. The van der Waals surface area contributed by atoms with Crippen molar-refractivity contribution in [3.63, 3.8) is 0 Å². The molecule has 214 valence electrons. The minimum Gasteiger partial charge on any atom is -0.497 e. The Bertz CT molecular complexity index is 1380. The van der Waals surface area contributed by atoms with Crippen LogP contribution in [-0.4, -0.2) is 62.1 Å². The Balaban J connectivity index is 1.36. The van der Waals surface area contributed by atoms with Crippen LogP contribution in [0.25, 0.3) is 0 Å². The van der Waals surface area contributed by atoms with E-state index in [1.165, 1.54) is 0 Å². The maximum Gasteiger partial charge on any atom is 0.258 e. The highest BCUT2D eigenvalue weighted by atomic mass is 16.5. The molecule has 2 atom stereocenters. The van der Waals surface area contributed by atoms with Gasteiger partial charge in [-0.15, -0.1) is 0 Å². The summed E-state index contributed by atoms with van der Waals surface area (Å²) < 4.78 is 10.6. The Morgan fingerprint density at radius 1 is 0.951 bits per heavy atom. The maximum absolute atomic E-state index is 13.7. The summed E-state index contributed by atoms with van der Waals surface area (Å²) in [5, 5.41) is 0. The van der Waals surface area contributed by atoms with Gasteiger partial charge in [0.15, 0.2) is 0 Å². The zero-order chi connectivity index (χ0) is 28.9. The van der Waals surface area contributed by atoms with Crippen molar-refractivity contribution in [1.29, 1.82) is 0 Å². The molecule has 3 amide bonds. The topological polar surface area (TPSA) is 79.4 Å². The standard InChI is InChI=1S/C33H37N3O5/c1-23-22-31(29-6-4-5-7-30(29)35(23)33(39)26-11-15-28(40-3)16-12-26)36(24(2)37)27-13-8-25(9-14-27)10-17-32(38)34-18-20-41-21-19-34/h4-9,11-16,23,31H,10,17-22H2,1-3H3/t23-,31+/m0/s1. The number of hydrogen-bond acceptors (Lipinski definition) is 5. The van der Waals surface area contributed by atoms with Crippen molar-refractivity contribution in [1.82, 2.24) is 4.90 Å². The van der Waals surface area contributed by atoms with Crippen LogP contribution >= 0.6 is 0 Å². The van der Waals surface area contributed by atoms with Gasteiger partial charge >= 0.3 is 0 Å². The van der Waals surface area contributed by atoms with Crippen LogP contribution in [0.15, 0.2) is 72.8 Å². The van der Waals surface area contributed by atoms with Crippen molar-refractivity contribution in [2.75, 3.05) is 43.2 Å². The van der Waals surface area contributed by atoms with Crippen LogP contribution in [0.5, 0.6) is 5.75 Å². The number of para-hydroxylation sites is 1. The number of fused-ring (bicyclic) bond motifs is 1. The molecular weight excluding hydrogens is 518 g/mol. The van der Waals surface area contributed by atoms with Gasteiger partial charge in [0.25, 0.3) is 5.91 Å². The SMILES string of the molecule is COc1ccc(C(=O)N2c3ccccc3[C@H](N(C(C)=O)c3ccc(CCC(=O)N4CCOCC4)cc3)C[C@@H]2C)cc1. The molecule has 1 saturated heterocycles. The molecular formula is C33H37N3O5. The number of nitrogens with zero attached hydrogens (tertiary/aromatic N) is 3. The van der Waals surface area contributed by atoms with Crippen LogP contribution in [-0.2, 0) is 20.7 Å². The summed E-state index contributed by atoms with van der Waals surface area (Å²) in [5.41, 5.74) is 4.16. The van der Waals surface area contributed by atoms with Crippen molar-refractivity contribution in [2.24, 2.45) is 0 Å². The number of aryl methyl sites for hydroxylation is 1. The van der Waals surface area contributed by atoms with Crippen molar-refractivity contribution < 1.29 is 23.9 Å². The Hall–Kier alpha value is -4.17. The van der Waals surface area contributed by atoms with Gasteiger partial charge in [0.2, 0.25) is 11.8 Å². The van der Waals surface area contributed by atoms with Crippen molar-refractivity contribution >= 4 is 29.1 Å². The van der Waals surface area contributed by atoms with Crippen LogP contribution < -0.4 is 14.5 Å².